The zero-order chi connectivity index (χ0) is 6.97. The molecule has 1 fully saturated rings. The first-order chi connectivity index (χ1) is 4.88. The summed E-state index contributed by atoms with van der Waals surface area (Å²) >= 11 is 0. The highest BCUT2D eigenvalue weighted by Crippen LogP contribution is 2.29. The number of hydrogen-bond acceptors (Lipinski definition) is 2. The summed E-state index contributed by atoms with van der Waals surface area (Å²) in [6.07, 6.45) is 5.27. The summed E-state index contributed by atoms with van der Waals surface area (Å²) in [5, 5.41) is 12.8. The Balaban J connectivity index is 2.18. The number of hydrogen-bond donors (Lipinski definition) is 2. The highest BCUT2D eigenvalue weighted by molar-refractivity contribution is 5.14. The van der Waals surface area contributed by atoms with E-state index in [2.05, 4.69) is 11.4 Å². The summed E-state index contributed by atoms with van der Waals surface area (Å²) in [5.74, 6) is 0.439. The van der Waals surface area contributed by atoms with Crippen molar-refractivity contribution in [3.63, 3.8) is 0 Å². The lowest BCUT2D eigenvalue weighted by Crippen LogP contribution is -2.24. The van der Waals surface area contributed by atoms with Gasteiger partial charge in [-0.2, -0.15) is 0 Å². The van der Waals surface area contributed by atoms with Gasteiger partial charge in [-0.1, -0.05) is 6.08 Å². The van der Waals surface area contributed by atoms with Crippen LogP contribution in [0, 0.1) is 5.92 Å². The van der Waals surface area contributed by atoms with Gasteiger partial charge in [0.1, 0.15) is 0 Å². The lowest BCUT2D eigenvalue weighted by atomic mass is 9.90. The maximum Gasteiger partial charge on any atom is 0.0626 e. The molecule has 56 valence electrons. The van der Waals surface area contributed by atoms with Gasteiger partial charge in [0.2, 0.25) is 0 Å². The highest BCUT2D eigenvalue weighted by Gasteiger charge is 2.29. The largest absolute Gasteiger partial charge is 0.392 e. The first kappa shape index (κ1) is 6.23. The van der Waals surface area contributed by atoms with Crippen LogP contribution >= 0.6 is 0 Å². The van der Waals surface area contributed by atoms with E-state index in [1.54, 1.807) is 0 Å². The van der Waals surface area contributed by atoms with Gasteiger partial charge in [0, 0.05) is 18.2 Å². The number of fused-ring (bicyclic) bond motifs is 1. The van der Waals surface area contributed by atoms with Crippen LogP contribution < -0.4 is 5.32 Å². The number of aliphatic hydroxyl groups excluding tert-OH is 1. The third-order valence-corrected chi connectivity index (χ3v) is 2.48. The minimum atomic E-state index is -0.0741. The van der Waals surface area contributed by atoms with E-state index in [0.717, 1.165) is 25.8 Å². The fourth-order valence-electron chi connectivity index (χ4n) is 1.89. The van der Waals surface area contributed by atoms with E-state index in [-0.39, 0.29) is 6.10 Å². The van der Waals surface area contributed by atoms with Gasteiger partial charge < -0.3 is 10.4 Å². The Morgan fingerprint density at radius 2 is 2.40 bits per heavy atom. The summed E-state index contributed by atoms with van der Waals surface area (Å²) < 4.78 is 0. The van der Waals surface area contributed by atoms with Crippen LogP contribution in [0.15, 0.2) is 11.8 Å². The van der Waals surface area contributed by atoms with Crippen LogP contribution in [0.2, 0.25) is 0 Å². The van der Waals surface area contributed by atoms with E-state index in [4.69, 9.17) is 0 Å². The molecule has 0 aromatic carbocycles. The van der Waals surface area contributed by atoms with Crippen LogP contribution in [0.3, 0.4) is 0 Å². The maximum atomic E-state index is 9.50. The first-order valence-electron chi connectivity index (χ1n) is 4.00. The van der Waals surface area contributed by atoms with Crippen molar-refractivity contribution in [1.29, 1.82) is 0 Å². The Bertz CT molecular complexity index is 165. The average Bonchev–Trinajstić information content (AvgIpc) is 2.36. The molecule has 2 nitrogen and oxygen atoms in total. The quantitative estimate of drug-likeness (QED) is 0.516. The second kappa shape index (κ2) is 2.27. The minimum Gasteiger partial charge on any atom is -0.392 e. The molecule has 0 amide bonds. The van der Waals surface area contributed by atoms with Crippen LogP contribution in [-0.4, -0.2) is 17.8 Å². The molecule has 1 aliphatic heterocycles. The minimum absolute atomic E-state index is 0.0741. The molecular formula is C8H13NO. The molecule has 0 saturated carbocycles. The normalized spacial score (nSPS) is 38.3. The molecule has 0 spiro atoms. The molecule has 1 aliphatic carbocycles. The predicted octanol–water partition coefficient (Wildman–Crippen LogP) is 0.634. The molecule has 2 heteroatoms. The van der Waals surface area contributed by atoms with E-state index in [0.29, 0.717) is 5.92 Å². The second-order valence-electron chi connectivity index (χ2n) is 3.13. The van der Waals surface area contributed by atoms with Gasteiger partial charge in [0.15, 0.2) is 0 Å². The predicted molar refractivity (Wildman–Crippen MR) is 39.4 cm³/mol. The third kappa shape index (κ3) is 0.833. The molecule has 2 aliphatic rings. The van der Waals surface area contributed by atoms with E-state index in [1.807, 2.05) is 0 Å². The molecule has 10 heavy (non-hydrogen) atoms. The fraction of sp³-hybridized carbons (Fsp3) is 0.750. The summed E-state index contributed by atoms with van der Waals surface area (Å²) in [4.78, 5) is 0. The highest BCUT2D eigenvalue weighted by atomic mass is 16.3. The Kier molecular flexibility index (Phi) is 1.42. The van der Waals surface area contributed by atoms with Crippen molar-refractivity contribution >= 4 is 0 Å². The standard InChI is InChI=1S/C8H13NO/c10-8-3-1-2-7-6(8)4-5-9-7/h2,6,8-10H,1,3-5H2. The van der Waals surface area contributed by atoms with Crippen LogP contribution in [0.5, 0.6) is 0 Å². The molecule has 0 radical (unpaired) electrons. The Morgan fingerprint density at radius 1 is 1.50 bits per heavy atom. The van der Waals surface area contributed by atoms with Crippen LogP contribution in [0.4, 0.5) is 0 Å². The van der Waals surface area contributed by atoms with Gasteiger partial charge in [-0.25, -0.2) is 0 Å². The Hall–Kier alpha value is -0.500. The van der Waals surface area contributed by atoms with Crippen molar-refractivity contribution in [1.82, 2.24) is 5.32 Å². The zero-order valence-electron chi connectivity index (χ0n) is 6.01. The molecule has 0 bridgehead atoms. The number of allylic oxidation sites excluding steroid dienone is 1. The summed E-state index contributed by atoms with van der Waals surface area (Å²) in [6.45, 7) is 1.05. The summed E-state index contributed by atoms with van der Waals surface area (Å²) in [6, 6.07) is 0. The molecular weight excluding hydrogens is 126 g/mol. The van der Waals surface area contributed by atoms with Crippen molar-refractivity contribution in [2.75, 3.05) is 6.54 Å². The van der Waals surface area contributed by atoms with Crippen LogP contribution in [0.25, 0.3) is 0 Å². The van der Waals surface area contributed by atoms with Gasteiger partial charge in [-0.15, -0.1) is 0 Å². The molecule has 2 atom stereocenters. The average molecular weight is 139 g/mol. The van der Waals surface area contributed by atoms with Gasteiger partial charge >= 0.3 is 0 Å². The van der Waals surface area contributed by atoms with E-state index in [1.165, 1.54) is 5.70 Å². The summed E-state index contributed by atoms with van der Waals surface area (Å²) in [5.41, 5.74) is 1.29. The second-order valence-corrected chi connectivity index (χ2v) is 3.13. The number of rotatable bonds is 0. The lowest BCUT2D eigenvalue weighted by Gasteiger charge is -2.22. The van der Waals surface area contributed by atoms with Crippen LogP contribution in [-0.2, 0) is 0 Å². The molecule has 2 rings (SSSR count). The molecule has 2 unspecified atom stereocenters. The first-order valence-corrected chi connectivity index (χ1v) is 4.00. The van der Waals surface area contributed by atoms with Gasteiger partial charge in [0.25, 0.3) is 0 Å². The smallest absolute Gasteiger partial charge is 0.0626 e. The van der Waals surface area contributed by atoms with Gasteiger partial charge in [-0.3, -0.25) is 0 Å². The van der Waals surface area contributed by atoms with Crippen LogP contribution in [0.1, 0.15) is 19.3 Å². The Labute approximate surface area is 60.9 Å². The monoisotopic (exact) mass is 139 g/mol. The van der Waals surface area contributed by atoms with Gasteiger partial charge in [0.05, 0.1) is 6.10 Å². The summed E-state index contributed by atoms with van der Waals surface area (Å²) in [7, 11) is 0. The zero-order valence-corrected chi connectivity index (χ0v) is 6.01. The van der Waals surface area contributed by atoms with E-state index in [9.17, 15) is 5.11 Å². The topological polar surface area (TPSA) is 32.3 Å². The Morgan fingerprint density at radius 3 is 3.20 bits per heavy atom. The van der Waals surface area contributed by atoms with E-state index >= 15 is 0 Å². The van der Waals surface area contributed by atoms with Crippen molar-refractivity contribution in [2.24, 2.45) is 5.92 Å². The van der Waals surface area contributed by atoms with Crippen molar-refractivity contribution in [2.45, 2.75) is 25.4 Å². The molecule has 0 aromatic rings. The molecule has 0 aromatic heterocycles. The number of nitrogens with one attached hydrogen (secondary N) is 1. The SMILES string of the molecule is OC1CCC=C2NCCC21. The van der Waals surface area contributed by atoms with Crippen molar-refractivity contribution in [3.05, 3.63) is 11.8 Å². The lowest BCUT2D eigenvalue weighted by molar-refractivity contribution is 0.113. The van der Waals surface area contributed by atoms with E-state index < -0.39 is 0 Å². The molecule has 2 N–H and O–H groups in total. The molecule has 1 heterocycles. The number of aliphatic hydroxyl groups is 1. The molecule has 1 saturated heterocycles. The fourth-order valence-corrected chi connectivity index (χ4v) is 1.89. The van der Waals surface area contributed by atoms with Crippen molar-refractivity contribution < 1.29 is 5.11 Å². The maximum absolute atomic E-state index is 9.50. The van der Waals surface area contributed by atoms with Crippen molar-refractivity contribution in [3.8, 4) is 0 Å². The third-order valence-electron chi connectivity index (χ3n) is 2.48. The van der Waals surface area contributed by atoms with Gasteiger partial charge in [-0.05, 0) is 19.3 Å².